The van der Waals surface area contributed by atoms with Crippen LogP contribution in [0.5, 0.6) is 0 Å². The molecule has 0 bridgehead atoms. The molecule has 0 radical (unpaired) electrons. The van der Waals surface area contributed by atoms with Crippen molar-refractivity contribution in [2.75, 3.05) is 23.3 Å². The second-order valence-corrected chi connectivity index (χ2v) is 4.51. The fraction of sp³-hybridized carbons (Fsp3) is 0.444. The van der Waals surface area contributed by atoms with Crippen LogP contribution in [0, 0.1) is 0 Å². The van der Waals surface area contributed by atoms with Crippen LogP contribution in [0.15, 0.2) is 16.9 Å². The molecule has 2 rings (SSSR count). The minimum absolute atomic E-state index is 0.0628. The van der Waals surface area contributed by atoms with Crippen LogP contribution >= 0.6 is 15.9 Å². The summed E-state index contributed by atoms with van der Waals surface area (Å²) in [4.78, 5) is 12.4. The van der Waals surface area contributed by atoms with Crippen molar-refractivity contribution in [2.24, 2.45) is 0 Å². The lowest BCUT2D eigenvalue weighted by Crippen LogP contribution is -2.36. The van der Waals surface area contributed by atoms with Crippen molar-refractivity contribution in [3.63, 3.8) is 0 Å². The van der Waals surface area contributed by atoms with Gasteiger partial charge in [-0.25, -0.2) is 9.89 Å². The van der Waals surface area contributed by atoms with Crippen LogP contribution in [-0.2, 0) is 0 Å². The standard InChI is InChI=1S/C9H9BrF3N5O/c10-3-4-17(5-9(11,12)13)7-2-1-6-14-15-8(19)18(6)16-7/h1-2H,3-5H2,(H,15,19). The van der Waals surface area contributed by atoms with Crippen LogP contribution in [0.2, 0.25) is 0 Å². The number of hydrogen-bond acceptors (Lipinski definition) is 4. The number of rotatable bonds is 4. The second-order valence-electron chi connectivity index (χ2n) is 3.72. The van der Waals surface area contributed by atoms with E-state index in [-0.39, 0.29) is 18.0 Å². The second kappa shape index (κ2) is 5.19. The minimum atomic E-state index is -4.35. The van der Waals surface area contributed by atoms with Crippen molar-refractivity contribution >= 4 is 27.4 Å². The quantitative estimate of drug-likeness (QED) is 0.849. The molecule has 0 aliphatic carbocycles. The molecule has 0 aliphatic heterocycles. The molecule has 0 spiro atoms. The SMILES string of the molecule is O=c1[nH]nc2ccc(N(CCBr)CC(F)(F)F)nn12. The summed E-state index contributed by atoms with van der Waals surface area (Å²) in [6.07, 6.45) is -4.35. The van der Waals surface area contributed by atoms with Gasteiger partial charge in [0.25, 0.3) is 0 Å². The van der Waals surface area contributed by atoms with Crippen molar-refractivity contribution < 1.29 is 13.2 Å². The summed E-state index contributed by atoms with van der Waals surface area (Å²) in [5, 5.41) is 10.0. The van der Waals surface area contributed by atoms with Gasteiger partial charge in [0.2, 0.25) is 0 Å². The number of fused-ring (bicyclic) bond motifs is 1. The van der Waals surface area contributed by atoms with Crippen LogP contribution in [0.3, 0.4) is 0 Å². The van der Waals surface area contributed by atoms with Crippen molar-refractivity contribution in [1.29, 1.82) is 0 Å². The topological polar surface area (TPSA) is 66.3 Å². The van der Waals surface area contributed by atoms with E-state index in [1.165, 1.54) is 12.1 Å². The van der Waals surface area contributed by atoms with E-state index in [2.05, 4.69) is 31.2 Å². The predicted molar refractivity (Wildman–Crippen MR) is 65.7 cm³/mol. The molecule has 2 aromatic rings. The Morgan fingerprint density at radius 2 is 2.16 bits per heavy atom. The van der Waals surface area contributed by atoms with Gasteiger partial charge >= 0.3 is 11.9 Å². The Kier molecular flexibility index (Phi) is 3.78. The first kappa shape index (κ1) is 13.8. The molecule has 6 nitrogen and oxygen atoms in total. The minimum Gasteiger partial charge on any atom is -0.345 e. The molecule has 0 amide bonds. The predicted octanol–water partition coefficient (Wildman–Crippen LogP) is 1.18. The van der Waals surface area contributed by atoms with Crippen LogP contribution in [0.25, 0.3) is 5.65 Å². The third kappa shape index (κ3) is 3.25. The highest BCUT2D eigenvalue weighted by Gasteiger charge is 2.31. The Balaban J connectivity index is 2.37. The van der Waals surface area contributed by atoms with E-state index in [4.69, 9.17) is 0 Å². The van der Waals surface area contributed by atoms with Crippen molar-refractivity contribution in [2.45, 2.75) is 6.18 Å². The maximum absolute atomic E-state index is 12.5. The molecular weight excluding hydrogens is 331 g/mol. The molecule has 2 aromatic heterocycles. The van der Waals surface area contributed by atoms with Crippen LogP contribution in [0.4, 0.5) is 19.0 Å². The molecule has 0 aliphatic rings. The maximum atomic E-state index is 12.5. The first-order valence-electron chi connectivity index (χ1n) is 5.23. The Labute approximate surface area is 113 Å². The van der Waals surface area contributed by atoms with E-state index in [0.29, 0.717) is 5.33 Å². The molecule has 0 fully saturated rings. The number of nitrogens with one attached hydrogen (secondary N) is 1. The van der Waals surface area contributed by atoms with E-state index in [0.717, 1.165) is 9.42 Å². The summed E-state index contributed by atoms with van der Waals surface area (Å²) >= 11 is 3.09. The number of nitrogens with zero attached hydrogens (tertiary/aromatic N) is 4. The number of hydrogen-bond donors (Lipinski definition) is 1. The van der Waals surface area contributed by atoms with E-state index in [9.17, 15) is 18.0 Å². The first-order valence-corrected chi connectivity index (χ1v) is 6.35. The summed E-state index contributed by atoms with van der Waals surface area (Å²) in [5.41, 5.74) is -0.345. The molecule has 0 aromatic carbocycles. The summed E-state index contributed by atoms with van der Waals surface area (Å²) < 4.78 is 38.4. The van der Waals surface area contributed by atoms with Gasteiger partial charge in [-0.15, -0.1) is 5.10 Å². The van der Waals surface area contributed by atoms with Gasteiger partial charge in [0.15, 0.2) is 5.65 Å². The molecule has 10 heteroatoms. The number of aromatic nitrogens is 4. The number of halogens is 4. The summed E-state index contributed by atoms with van der Waals surface area (Å²) in [6.45, 7) is -1.02. The third-order valence-corrected chi connectivity index (χ3v) is 2.66. The summed E-state index contributed by atoms with van der Waals surface area (Å²) in [5.74, 6) is 0.0628. The van der Waals surface area contributed by atoms with E-state index in [1.807, 2.05) is 0 Å². The molecule has 0 atom stereocenters. The lowest BCUT2D eigenvalue weighted by molar-refractivity contribution is -0.119. The number of aromatic amines is 1. The van der Waals surface area contributed by atoms with Crippen molar-refractivity contribution in [3.8, 4) is 0 Å². The molecule has 104 valence electrons. The lowest BCUT2D eigenvalue weighted by Gasteiger charge is -2.23. The van der Waals surface area contributed by atoms with Gasteiger partial charge < -0.3 is 4.90 Å². The van der Waals surface area contributed by atoms with Crippen LogP contribution < -0.4 is 10.6 Å². The average Bonchev–Trinajstić information content (AvgIpc) is 2.69. The van der Waals surface area contributed by atoms with E-state index in [1.54, 1.807) is 0 Å². The largest absolute Gasteiger partial charge is 0.405 e. The Morgan fingerprint density at radius 1 is 1.42 bits per heavy atom. The van der Waals surface area contributed by atoms with Gasteiger partial charge in [-0.05, 0) is 12.1 Å². The molecule has 1 N–H and O–H groups in total. The fourth-order valence-electron chi connectivity index (χ4n) is 1.55. The molecule has 2 heterocycles. The number of alkyl halides is 4. The van der Waals surface area contributed by atoms with Gasteiger partial charge in [0, 0.05) is 11.9 Å². The van der Waals surface area contributed by atoms with Gasteiger partial charge in [0.1, 0.15) is 12.4 Å². The molecule has 0 saturated carbocycles. The first-order chi connectivity index (χ1) is 8.90. The smallest absolute Gasteiger partial charge is 0.345 e. The summed E-state index contributed by atoms with van der Waals surface area (Å²) in [7, 11) is 0. The average molecular weight is 340 g/mol. The highest BCUT2D eigenvalue weighted by Crippen LogP contribution is 2.20. The Morgan fingerprint density at radius 3 is 2.79 bits per heavy atom. The van der Waals surface area contributed by atoms with Crippen molar-refractivity contribution in [3.05, 3.63) is 22.6 Å². The molecule has 0 unspecified atom stereocenters. The monoisotopic (exact) mass is 339 g/mol. The zero-order chi connectivity index (χ0) is 14.0. The zero-order valence-corrected chi connectivity index (χ0v) is 11.1. The lowest BCUT2D eigenvalue weighted by atomic mass is 10.4. The molecule has 0 saturated heterocycles. The molecule has 19 heavy (non-hydrogen) atoms. The Bertz CT molecular complexity index is 622. The highest BCUT2D eigenvalue weighted by molar-refractivity contribution is 9.09. The fourth-order valence-corrected chi connectivity index (χ4v) is 1.98. The normalized spacial score (nSPS) is 12.0. The van der Waals surface area contributed by atoms with Crippen LogP contribution in [0.1, 0.15) is 0 Å². The third-order valence-electron chi connectivity index (χ3n) is 2.31. The Hall–Kier alpha value is -1.58. The van der Waals surface area contributed by atoms with Gasteiger partial charge in [-0.2, -0.15) is 22.8 Å². The van der Waals surface area contributed by atoms with Crippen LogP contribution in [-0.4, -0.2) is 44.4 Å². The van der Waals surface area contributed by atoms with Gasteiger partial charge in [0.05, 0.1) is 0 Å². The van der Waals surface area contributed by atoms with Crippen molar-refractivity contribution in [1.82, 2.24) is 19.8 Å². The van der Waals surface area contributed by atoms with Gasteiger partial charge in [-0.1, -0.05) is 15.9 Å². The summed E-state index contributed by atoms with van der Waals surface area (Å²) in [6, 6.07) is 2.82. The number of H-pyrrole nitrogens is 1. The zero-order valence-electron chi connectivity index (χ0n) is 9.48. The number of anilines is 1. The van der Waals surface area contributed by atoms with Gasteiger partial charge in [-0.3, -0.25) is 0 Å². The van der Waals surface area contributed by atoms with E-state index >= 15 is 0 Å². The highest BCUT2D eigenvalue weighted by atomic mass is 79.9. The maximum Gasteiger partial charge on any atom is 0.405 e. The molecular formula is C9H9BrF3N5O. The van der Waals surface area contributed by atoms with E-state index < -0.39 is 18.4 Å².